The van der Waals surface area contributed by atoms with E-state index in [1.165, 1.54) is 24.0 Å². The molecule has 1 fully saturated rings. The molecule has 3 heteroatoms. The van der Waals surface area contributed by atoms with E-state index in [4.69, 9.17) is 0 Å². The summed E-state index contributed by atoms with van der Waals surface area (Å²) >= 11 is 0. The lowest BCUT2D eigenvalue weighted by Gasteiger charge is -2.19. The number of aryl methyl sites for hydroxylation is 1. The number of hydrogen-bond acceptors (Lipinski definition) is 2. The minimum atomic E-state index is 0.742. The fourth-order valence-corrected chi connectivity index (χ4v) is 2.74. The maximum absolute atomic E-state index is 11.0. The summed E-state index contributed by atoms with van der Waals surface area (Å²) in [5, 5.41) is 1.15. The molecular formula is C14H16N2O. The van der Waals surface area contributed by atoms with Gasteiger partial charge >= 0.3 is 0 Å². The SMILES string of the molecule is Cn1c(C=O)cc2cccc(N3CCCC3)c21. The van der Waals surface area contributed by atoms with Crippen LogP contribution in [0, 0.1) is 0 Å². The maximum Gasteiger partial charge on any atom is 0.166 e. The molecule has 17 heavy (non-hydrogen) atoms. The van der Waals surface area contributed by atoms with E-state index in [-0.39, 0.29) is 0 Å². The molecule has 88 valence electrons. The average molecular weight is 228 g/mol. The van der Waals surface area contributed by atoms with Gasteiger partial charge in [0.15, 0.2) is 6.29 Å². The quantitative estimate of drug-likeness (QED) is 0.738. The van der Waals surface area contributed by atoms with Crippen molar-refractivity contribution in [3.05, 3.63) is 30.0 Å². The standard InChI is InChI=1S/C14H16N2O/c1-15-12(10-17)9-11-5-4-6-13(14(11)15)16-7-2-3-8-16/h4-6,9-10H,2-3,7-8H2,1H3. The molecule has 3 nitrogen and oxygen atoms in total. The smallest absolute Gasteiger partial charge is 0.166 e. The molecule has 0 atom stereocenters. The third kappa shape index (κ3) is 1.54. The number of carbonyl (C=O) groups excluding carboxylic acids is 1. The summed E-state index contributed by atoms with van der Waals surface area (Å²) in [6.45, 7) is 2.25. The molecule has 1 saturated heterocycles. The number of aldehydes is 1. The van der Waals surface area contributed by atoms with Gasteiger partial charge in [-0.25, -0.2) is 0 Å². The first-order chi connectivity index (χ1) is 8.31. The first-order valence-electron chi connectivity index (χ1n) is 6.10. The zero-order valence-electron chi connectivity index (χ0n) is 10.0. The Morgan fingerprint density at radius 3 is 2.71 bits per heavy atom. The zero-order valence-corrected chi connectivity index (χ0v) is 10.0. The topological polar surface area (TPSA) is 25.2 Å². The average Bonchev–Trinajstić information content (AvgIpc) is 2.97. The van der Waals surface area contributed by atoms with Crippen LogP contribution in [-0.2, 0) is 7.05 Å². The van der Waals surface area contributed by atoms with Crippen molar-refractivity contribution >= 4 is 22.9 Å². The Hall–Kier alpha value is -1.77. The zero-order chi connectivity index (χ0) is 11.8. The van der Waals surface area contributed by atoms with E-state index in [0.717, 1.165) is 30.5 Å². The van der Waals surface area contributed by atoms with Gasteiger partial charge < -0.3 is 9.47 Å². The van der Waals surface area contributed by atoms with Crippen molar-refractivity contribution < 1.29 is 4.79 Å². The van der Waals surface area contributed by atoms with Crippen molar-refractivity contribution in [2.24, 2.45) is 7.05 Å². The van der Waals surface area contributed by atoms with Crippen LogP contribution in [0.2, 0.25) is 0 Å². The number of hydrogen-bond donors (Lipinski definition) is 0. The number of fused-ring (bicyclic) bond motifs is 1. The van der Waals surface area contributed by atoms with Gasteiger partial charge in [-0.15, -0.1) is 0 Å². The monoisotopic (exact) mass is 228 g/mol. The van der Waals surface area contributed by atoms with Crippen molar-refractivity contribution in [3.8, 4) is 0 Å². The van der Waals surface area contributed by atoms with Gasteiger partial charge in [-0.2, -0.15) is 0 Å². The van der Waals surface area contributed by atoms with Crippen molar-refractivity contribution in [1.29, 1.82) is 0 Å². The summed E-state index contributed by atoms with van der Waals surface area (Å²) < 4.78 is 2.00. The van der Waals surface area contributed by atoms with Crippen LogP contribution in [0.4, 0.5) is 5.69 Å². The summed E-state index contributed by atoms with van der Waals surface area (Å²) in [5.41, 5.74) is 3.18. The molecule has 1 aromatic carbocycles. The Morgan fingerprint density at radius 1 is 1.24 bits per heavy atom. The van der Waals surface area contributed by atoms with E-state index in [1.54, 1.807) is 0 Å². The summed E-state index contributed by atoms with van der Waals surface area (Å²) in [7, 11) is 1.96. The van der Waals surface area contributed by atoms with E-state index in [9.17, 15) is 4.79 Å². The van der Waals surface area contributed by atoms with Crippen LogP contribution in [-0.4, -0.2) is 23.9 Å². The largest absolute Gasteiger partial charge is 0.370 e. The van der Waals surface area contributed by atoms with Gasteiger partial charge in [0.05, 0.1) is 16.9 Å². The summed E-state index contributed by atoms with van der Waals surface area (Å²) in [5.74, 6) is 0. The molecule has 0 radical (unpaired) electrons. The van der Waals surface area contributed by atoms with Gasteiger partial charge in [-0.1, -0.05) is 12.1 Å². The lowest BCUT2D eigenvalue weighted by Crippen LogP contribution is -2.18. The number of nitrogens with zero attached hydrogens (tertiary/aromatic N) is 2. The fraction of sp³-hybridized carbons (Fsp3) is 0.357. The number of benzene rings is 1. The first-order valence-corrected chi connectivity index (χ1v) is 6.10. The van der Waals surface area contributed by atoms with Gasteiger partial charge in [-0.3, -0.25) is 4.79 Å². The minimum Gasteiger partial charge on any atom is -0.370 e. The van der Waals surface area contributed by atoms with Crippen molar-refractivity contribution in [1.82, 2.24) is 4.57 Å². The van der Waals surface area contributed by atoms with Crippen LogP contribution >= 0.6 is 0 Å². The molecular weight excluding hydrogens is 212 g/mol. The summed E-state index contributed by atoms with van der Waals surface area (Å²) in [6.07, 6.45) is 3.45. The highest BCUT2D eigenvalue weighted by molar-refractivity contribution is 5.96. The molecule has 0 bridgehead atoms. The Kier molecular flexibility index (Phi) is 2.39. The molecule has 1 aromatic heterocycles. The molecule has 1 aliphatic rings. The van der Waals surface area contributed by atoms with Crippen LogP contribution < -0.4 is 4.90 Å². The third-order valence-electron chi connectivity index (χ3n) is 3.64. The molecule has 0 amide bonds. The molecule has 2 heterocycles. The number of carbonyl (C=O) groups is 1. The molecule has 0 spiro atoms. The van der Waals surface area contributed by atoms with Crippen molar-refractivity contribution in [3.63, 3.8) is 0 Å². The number of para-hydroxylation sites is 1. The number of aromatic nitrogens is 1. The van der Waals surface area contributed by atoms with Crippen LogP contribution in [0.25, 0.3) is 10.9 Å². The summed E-state index contributed by atoms with van der Waals surface area (Å²) in [6, 6.07) is 8.26. The van der Waals surface area contributed by atoms with Gasteiger partial charge in [-0.05, 0) is 25.0 Å². The van der Waals surface area contributed by atoms with Crippen LogP contribution in [0.5, 0.6) is 0 Å². The minimum absolute atomic E-state index is 0.742. The van der Waals surface area contributed by atoms with Crippen LogP contribution in [0.15, 0.2) is 24.3 Å². The van der Waals surface area contributed by atoms with Gasteiger partial charge in [0.25, 0.3) is 0 Å². The second-order valence-corrected chi connectivity index (χ2v) is 4.66. The van der Waals surface area contributed by atoms with E-state index in [0.29, 0.717) is 0 Å². The second-order valence-electron chi connectivity index (χ2n) is 4.66. The molecule has 2 aromatic rings. The van der Waals surface area contributed by atoms with E-state index in [2.05, 4.69) is 23.1 Å². The van der Waals surface area contributed by atoms with Gasteiger partial charge in [0.1, 0.15) is 0 Å². The van der Waals surface area contributed by atoms with Gasteiger partial charge in [0.2, 0.25) is 0 Å². The van der Waals surface area contributed by atoms with E-state index >= 15 is 0 Å². The molecule has 0 aliphatic carbocycles. The number of rotatable bonds is 2. The highest BCUT2D eigenvalue weighted by atomic mass is 16.1. The Morgan fingerprint density at radius 2 is 2.00 bits per heavy atom. The molecule has 0 saturated carbocycles. The maximum atomic E-state index is 11.0. The Balaban J connectivity index is 2.23. The Bertz CT molecular complexity index is 565. The van der Waals surface area contributed by atoms with E-state index in [1.807, 2.05) is 17.7 Å². The Labute approximate surface area is 101 Å². The summed E-state index contributed by atoms with van der Waals surface area (Å²) in [4.78, 5) is 13.4. The lowest BCUT2D eigenvalue weighted by molar-refractivity contribution is 0.111. The molecule has 3 rings (SSSR count). The second kappa shape index (κ2) is 3.91. The van der Waals surface area contributed by atoms with Crippen molar-refractivity contribution in [2.45, 2.75) is 12.8 Å². The van der Waals surface area contributed by atoms with Gasteiger partial charge in [0, 0.05) is 25.5 Å². The third-order valence-corrected chi connectivity index (χ3v) is 3.64. The fourth-order valence-electron chi connectivity index (χ4n) is 2.74. The highest BCUT2D eigenvalue weighted by Gasteiger charge is 2.17. The lowest BCUT2D eigenvalue weighted by atomic mass is 10.2. The van der Waals surface area contributed by atoms with E-state index < -0.39 is 0 Å². The highest BCUT2D eigenvalue weighted by Crippen LogP contribution is 2.30. The normalized spacial score (nSPS) is 15.7. The van der Waals surface area contributed by atoms with Crippen LogP contribution in [0.3, 0.4) is 0 Å². The first kappa shape index (κ1) is 10.4. The molecule has 0 N–H and O–H groups in total. The van der Waals surface area contributed by atoms with Crippen molar-refractivity contribution in [2.75, 3.05) is 18.0 Å². The van der Waals surface area contributed by atoms with Crippen LogP contribution in [0.1, 0.15) is 23.3 Å². The molecule has 0 unspecified atom stereocenters. The molecule has 1 aliphatic heterocycles. The predicted octanol–water partition coefficient (Wildman–Crippen LogP) is 2.59. The number of anilines is 1. The predicted molar refractivity (Wildman–Crippen MR) is 69.8 cm³/mol.